The molecule has 6 heteroatoms. The van der Waals surface area contributed by atoms with Crippen LogP contribution in [0.2, 0.25) is 0 Å². The predicted molar refractivity (Wildman–Crippen MR) is 98.3 cm³/mol. The largest absolute Gasteiger partial charge is 0.504 e. The van der Waals surface area contributed by atoms with Crippen molar-refractivity contribution in [1.29, 1.82) is 0 Å². The number of anilines is 2. The Kier molecular flexibility index (Phi) is 4.41. The van der Waals surface area contributed by atoms with Gasteiger partial charge in [-0.05, 0) is 25.0 Å². The SMILES string of the molecule is CCC1(CC)CN(c2ccccc2)c2cc(O)c(O)cc2S(=O)(=O)C1. The van der Waals surface area contributed by atoms with E-state index in [1.807, 2.05) is 49.1 Å². The molecule has 0 spiro atoms. The highest BCUT2D eigenvalue weighted by atomic mass is 32.2. The van der Waals surface area contributed by atoms with Crippen LogP contribution in [0.25, 0.3) is 0 Å². The van der Waals surface area contributed by atoms with Crippen molar-refractivity contribution in [2.75, 3.05) is 17.2 Å². The minimum Gasteiger partial charge on any atom is -0.504 e. The monoisotopic (exact) mass is 361 g/mol. The van der Waals surface area contributed by atoms with E-state index >= 15 is 0 Å². The Bertz CT molecular complexity index is 874. The second kappa shape index (κ2) is 6.26. The highest BCUT2D eigenvalue weighted by molar-refractivity contribution is 7.91. The second-order valence-electron chi connectivity index (χ2n) is 6.70. The first-order valence-corrected chi connectivity index (χ1v) is 10.1. The van der Waals surface area contributed by atoms with Crippen molar-refractivity contribution in [1.82, 2.24) is 0 Å². The highest BCUT2D eigenvalue weighted by Crippen LogP contribution is 2.46. The molecule has 0 aliphatic carbocycles. The molecule has 1 heterocycles. The Morgan fingerprint density at radius 1 is 1.04 bits per heavy atom. The number of hydrogen-bond donors (Lipinski definition) is 2. The van der Waals surface area contributed by atoms with Gasteiger partial charge in [-0.3, -0.25) is 0 Å². The highest BCUT2D eigenvalue weighted by Gasteiger charge is 2.41. The molecule has 0 bridgehead atoms. The second-order valence-corrected chi connectivity index (χ2v) is 8.65. The Hall–Kier alpha value is -2.21. The van der Waals surface area contributed by atoms with Gasteiger partial charge in [0.15, 0.2) is 21.3 Å². The summed E-state index contributed by atoms with van der Waals surface area (Å²) in [5.74, 6) is -0.723. The summed E-state index contributed by atoms with van der Waals surface area (Å²) in [6, 6.07) is 12.0. The summed E-state index contributed by atoms with van der Waals surface area (Å²) in [7, 11) is -3.60. The molecule has 1 aliphatic heterocycles. The van der Waals surface area contributed by atoms with E-state index in [4.69, 9.17) is 0 Å². The molecule has 25 heavy (non-hydrogen) atoms. The molecule has 0 fully saturated rings. The fourth-order valence-corrected chi connectivity index (χ4v) is 5.71. The maximum Gasteiger partial charge on any atom is 0.181 e. The number of sulfone groups is 1. The molecule has 2 aromatic carbocycles. The first-order valence-electron chi connectivity index (χ1n) is 8.43. The first-order chi connectivity index (χ1) is 11.8. The van der Waals surface area contributed by atoms with Crippen LogP contribution in [0.4, 0.5) is 11.4 Å². The summed E-state index contributed by atoms with van der Waals surface area (Å²) in [4.78, 5) is 2.00. The summed E-state index contributed by atoms with van der Waals surface area (Å²) in [5, 5.41) is 19.8. The Labute approximate surface area is 148 Å². The van der Waals surface area contributed by atoms with Crippen molar-refractivity contribution in [3.63, 3.8) is 0 Å². The van der Waals surface area contributed by atoms with Crippen LogP contribution in [-0.2, 0) is 9.84 Å². The van der Waals surface area contributed by atoms with E-state index in [0.717, 1.165) is 24.6 Å². The van der Waals surface area contributed by atoms with Gasteiger partial charge in [-0.2, -0.15) is 0 Å². The first kappa shape index (κ1) is 17.6. The summed E-state index contributed by atoms with van der Waals surface area (Å²) in [6.45, 7) is 4.54. The number of fused-ring (bicyclic) bond motifs is 1. The van der Waals surface area contributed by atoms with Gasteiger partial charge in [0, 0.05) is 29.8 Å². The number of rotatable bonds is 3. The van der Waals surface area contributed by atoms with Gasteiger partial charge >= 0.3 is 0 Å². The maximum atomic E-state index is 13.0. The van der Waals surface area contributed by atoms with Crippen molar-refractivity contribution in [2.45, 2.75) is 31.6 Å². The smallest absolute Gasteiger partial charge is 0.181 e. The van der Waals surface area contributed by atoms with Crippen molar-refractivity contribution in [3.05, 3.63) is 42.5 Å². The Balaban J connectivity index is 2.30. The molecule has 2 N–H and O–H groups in total. The number of aromatic hydroxyl groups is 2. The van der Waals surface area contributed by atoms with Crippen LogP contribution in [0, 0.1) is 5.41 Å². The van der Waals surface area contributed by atoms with Crippen molar-refractivity contribution < 1.29 is 18.6 Å². The van der Waals surface area contributed by atoms with E-state index in [2.05, 4.69) is 0 Å². The molecule has 0 radical (unpaired) electrons. The van der Waals surface area contributed by atoms with Crippen molar-refractivity contribution in [2.24, 2.45) is 5.41 Å². The number of para-hydroxylation sites is 1. The molecule has 134 valence electrons. The van der Waals surface area contributed by atoms with Crippen LogP contribution in [0.3, 0.4) is 0 Å². The lowest BCUT2D eigenvalue weighted by Gasteiger charge is -2.35. The van der Waals surface area contributed by atoms with Crippen molar-refractivity contribution >= 4 is 21.2 Å². The Morgan fingerprint density at radius 2 is 1.64 bits per heavy atom. The lowest BCUT2D eigenvalue weighted by atomic mass is 9.83. The average molecular weight is 361 g/mol. The number of phenols is 2. The summed E-state index contributed by atoms with van der Waals surface area (Å²) >= 11 is 0. The summed E-state index contributed by atoms with van der Waals surface area (Å²) < 4.78 is 26.1. The molecule has 0 amide bonds. The molecular weight excluding hydrogens is 338 g/mol. The lowest BCUT2D eigenvalue weighted by Crippen LogP contribution is -2.37. The minimum atomic E-state index is -3.60. The Morgan fingerprint density at radius 3 is 2.24 bits per heavy atom. The third-order valence-electron chi connectivity index (χ3n) is 5.24. The molecule has 0 saturated heterocycles. The minimum absolute atomic E-state index is 0.0214. The third-order valence-corrected chi connectivity index (χ3v) is 7.23. The van der Waals surface area contributed by atoms with Gasteiger partial charge in [0.05, 0.1) is 16.3 Å². The van der Waals surface area contributed by atoms with E-state index < -0.39 is 21.0 Å². The fourth-order valence-electron chi connectivity index (χ4n) is 3.47. The molecule has 2 aromatic rings. The van der Waals surface area contributed by atoms with Crippen LogP contribution >= 0.6 is 0 Å². The average Bonchev–Trinajstić information content (AvgIpc) is 2.70. The van der Waals surface area contributed by atoms with E-state index in [1.54, 1.807) is 0 Å². The fraction of sp³-hybridized carbons (Fsp3) is 0.368. The third kappa shape index (κ3) is 3.06. The molecule has 0 saturated carbocycles. The molecule has 1 aliphatic rings. The molecule has 0 atom stereocenters. The van der Waals surface area contributed by atoms with Gasteiger partial charge < -0.3 is 15.1 Å². The van der Waals surface area contributed by atoms with Gasteiger partial charge in [0.25, 0.3) is 0 Å². The number of hydrogen-bond acceptors (Lipinski definition) is 5. The quantitative estimate of drug-likeness (QED) is 0.813. The standard InChI is InChI=1S/C19H23NO4S/c1-3-19(4-2)12-20(14-8-6-5-7-9-14)15-10-16(21)17(22)11-18(15)25(23,24)13-19/h5-11,21-22H,3-4,12-13H2,1-2H3. The zero-order chi connectivity index (χ0) is 18.2. The number of benzene rings is 2. The van der Waals surface area contributed by atoms with Gasteiger partial charge in [-0.15, -0.1) is 0 Å². The molecular formula is C19H23NO4S. The van der Waals surface area contributed by atoms with E-state index in [1.165, 1.54) is 6.07 Å². The number of phenolic OH excluding ortho intramolecular Hbond substituents is 2. The van der Waals surface area contributed by atoms with Crippen LogP contribution in [0.15, 0.2) is 47.4 Å². The van der Waals surface area contributed by atoms with E-state index in [9.17, 15) is 18.6 Å². The molecule has 5 nitrogen and oxygen atoms in total. The van der Waals surface area contributed by atoms with Gasteiger partial charge in [-0.25, -0.2) is 8.42 Å². The maximum absolute atomic E-state index is 13.0. The van der Waals surface area contributed by atoms with Crippen molar-refractivity contribution in [3.8, 4) is 11.5 Å². The normalized spacial score (nSPS) is 18.4. The molecule has 3 rings (SSSR count). The van der Waals surface area contributed by atoms with Crippen LogP contribution in [0.5, 0.6) is 11.5 Å². The number of nitrogens with zero attached hydrogens (tertiary/aromatic N) is 1. The van der Waals surface area contributed by atoms with Crippen LogP contribution < -0.4 is 4.90 Å². The van der Waals surface area contributed by atoms with Crippen LogP contribution in [0.1, 0.15) is 26.7 Å². The zero-order valence-corrected chi connectivity index (χ0v) is 15.3. The van der Waals surface area contributed by atoms with E-state index in [0.29, 0.717) is 12.2 Å². The molecule has 0 unspecified atom stereocenters. The molecule has 0 aromatic heterocycles. The predicted octanol–water partition coefficient (Wildman–Crippen LogP) is 3.83. The van der Waals surface area contributed by atoms with Crippen LogP contribution in [-0.4, -0.2) is 30.9 Å². The van der Waals surface area contributed by atoms with Gasteiger partial charge in [0.1, 0.15) is 0 Å². The zero-order valence-electron chi connectivity index (χ0n) is 14.4. The van der Waals surface area contributed by atoms with Gasteiger partial charge in [-0.1, -0.05) is 32.0 Å². The topological polar surface area (TPSA) is 77.8 Å². The summed E-state index contributed by atoms with van der Waals surface area (Å²) in [5.41, 5.74) is 0.862. The summed E-state index contributed by atoms with van der Waals surface area (Å²) in [6.07, 6.45) is 1.44. The van der Waals surface area contributed by atoms with E-state index in [-0.39, 0.29) is 16.4 Å². The van der Waals surface area contributed by atoms with Gasteiger partial charge in [0.2, 0.25) is 0 Å². The lowest BCUT2D eigenvalue weighted by molar-refractivity contribution is 0.313.